The number of carbonyl (C=O) groups excluding carboxylic acids is 1. The Morgan fingerprint density at radius 2 is 2.17 bits per heavy atom. The Labute approximate surface area is 147 Å². The quantitative estimate of drug-likeness (QED) is 0.555. The molecule has 1 spiro atoms. The van der Waals surface area contributed by atoms with Crippen LogP contribution in [0.1, 0.15) is 30.4 Å². The molecule has 2 aliphatic heterocycles. The van der Waals surface area contributed by atoms with Crippen LogP contribution in [0.25, 0.3) is 0 Å². The molecule has 2 heterocycles. The average Bonchev–Trinajstić information content (AvgIpc) is 2.90. The van der Waals surface area contributed by atoms with Crippen LogP contribution in [-0.4, -0.2) is 49.3 Å². The van der Waals surface area contributed by atoms with Crippen molar-refractivity contribution in [3.05, 3.63) is 23.3 Å². The van der Waals surface area contributed by atoms with E-state index < -0.39 is 17.1 Å². The van der Waals surface area contributed by atoms with Gasteiger partial charge in [-0.05, 0) is 18.1 Å². The number of likely N-dealkylation sites (tertiary alicyclic amines) is 1. The van der Waals surface area contributed by atoms with E-state index >= 15 is 0 Å². The van der Waals surface area contributed by atoms with Crippen molar-refractivity contribution in [1.29, 1.82) is 0 Å². The third-order valence-corrected chi connectivity index (χ3v) is 6.88. The van der Waals surface area contributed by atoms with Crippen molar-refractivity contribution in [3.8, 4) is 11.5 Å². The van der Waals surface area contributed by atoms with Crippen molar-refractivity contribution < 1.29 is 36.7 Å². The van der Waals surface area contributed by atoms with Crippen molar-refractivity contribution in [2.24, 2.45) is 0 Å². The lowest BCUT2D eigenvalue weighted by Crippen LogP contribution is -3.19. The first-order chi connectivity index (χ1) is 11.0. The summed E-state index contributed by atoms with van der Waals surface area (Å²) in [5.41, 5.74) is 0.829. The molecule has 2 aliphatic carbocycles. The maximum atomic E-state index is 12.7. The predicted molar refractivity (Wildman–Crippen MR) is 82.1 cm³/mol. The summed E-state index contributed by atoms with van der Waals surface area (Å²) in [7, 11) is 3.78. The van der Waals surface area contributed by atoms with Crippen LogP contribution >= 0.6 is 0 Å². The van der Waals surface area contributed by atoms with Gasteiger partial charge >= 0.3 is 0 Å². The lowest BCUT2D eigenvalue weighted by Gasteiger charge is -2.59. The van der Waals surface area contributed by atoms with Crippen molar-refractivity contribution in [3.63, 3.8) is 0 Å². The standard InChI is InChI=1S/C18H21NO4.ClH/c1-19-8-7-17-14-10-3-4-12(22-2)15(14)23-16(17)11(20)5-6-18(17,21)13(19)9-10;/h3-4,13,16,21H,5-9H2,1-2H3;1H/t13?,16-,17-,18+;/m0./s1. The first-order valence-corrected chi connectivity index (χ1v) is 8.47. The van der Waals surface area contributed by atoms with Gasteiger partial charge in [0.05, 0.1) is 26.1 Å². The molecule has 1 aromatic rings. The Bertz CT molecular complexity index is 738. The molecule has 130 valence electrons. The number of halogens is 1. The number of benzene rings is 1. The van der Waals surface area contributed by atoms with Crippen LogP contribution in [0.2, 0.25) is 0 Å². The summed E-state index contributed by atoms with van der Waals surface area (Å²) < 4.78 is 11.6. The molecule has 0 radical (unpaired) electrons. The van der Waals surface area contributed by atoms with Crippen molar-refractivity contribution in [1.82, 2.24) is 0 Å². The first-order valence-electron chi connectivity index (χ1n) is 8.47. The molecule has 4 aliphatic rings. The molecule has 6 heteroatoms. The molecular weight excluding hydrogens is 330 g/mol. The highest BCUT2D eigenvalue weighted by Gasteiger charge is 2.74. The molecule has 5 nitrogen and oxygen atoms in total. The maximum absolute atomic E-state index is 12.7. The topological polar surface area (TPSA) is 60.2 Å². The molecular formula is C18H22ClNO4. The van der Waals surface area contributed by atoms with Crippen LogP contribution in [0, 0.1) is 0 Å². The number of likely N-dealkylation sites (N-methyl/N-ethyl adjacent to an activating group) is 1. The third-order valence-electron chi connectivity index (χ3n) is 6.88. The van der Waals surface area contributed by atoms with E-state index in [0.29, 0.717) is 24.3 Å². The minimum Gasteiger partial charge on any atom is -1.00 e. The van der Waals surface area contributed by atoms with Crippen molar-refractivity contribution in [2.75, 3.05) is 20.7 Å². The van der Waals surface area contributed by atoms with Crippen LogP contribution < -0.4 is 26.8 Å². The molecule has 24 heavy (non-hydrogen) atoms. The zero-order valence-corrected chi connectivity index (χ0v) is 14.7. The van der Waals surface area contributed by atoms with Gasteiger partial charge in [-0.2, -0.15) is 0 Å². The number of hydrogen-bond acceptors (Lipinski definition) is 4. The molecule has 0 aromatic heterocycles. The lowest BCUT2D eigenvalue weighted by molar-refractivity contribution is -0.923. The van der Waals surface area contributed by atoms with E-state index in [1.807, 2.05) is 6.07 Å². The van der Waals surface area contributed by atoms with Gasteiger partial charge in [-0.15, -0.1) is 0 Å². The third kappa shape index (κ3) is 1.52. The zero-order chi connectivity index (χ0) is 16.0. The fourth-order valence-corrected chi connectivity index (χ4v) is 5.84. The van der Waals surface area contributed by atoms with E-state index in [1.165, 1.54) is 10.5 Å². The van der Waals surface area contributed by atoms with Gasteiger partial charge in [0.2, 0.25) is 0 Å². The fraction of sp³-hybridized carbons (Fsp3) is 0.611. The Morgan fingerprint density at radius 1 is 1.38 bits per heavy atom. The lowest BCUT2D eigenvalue weighted by atomic mass is 9.49. The predicted octanol–water partition coefficient (Wildman–Crippen LogP) is -3.36. The van der Waals surface area contributed by atoms with Gasteiger partial charge in [0.25, 0.3) is 0 Å². The summed E-state index contributed by atoms with van der Waals surface area (Å²) >= 11 is 0. The smallest absolute Gasteiger partial charge is 0.174 e. The molecule has 2 unspecified atom stereocenters. The minimum absolute atomic E-state index is 0. The maximum Gasteiger partial charge on any atom is 0.174 e. The van der Waals surface area contributed by atoms with Crippen molar-refractivity contribution in [2.45, 2.75) is 48.8 Å². The fourth-order valence-electron chi connectivity index (χ4n) is 5.84. The molecule has 1 saturated heterocycles. The van der Waals surface area contributed by atoms with Gasteiger partial charge in [0.15, 0.2) is 23.4 Å². The van der Waals surface area contributed by atoms with Crippen LogP contribution in [0.15, 0.2) is 12.1 Å². The largest absolute Gasteiger partial charge is 1.00 e. The molecule has 2 bridgehead atoms. The highest BCUT2D eigenvalue weighted by Crippen LogP contribution is 2.62. The Kier molecular flexibility index (Phi) is 3.28. The van der Waals surface area contributed by atoms with Gasteiger partial charge in [-0.3, -0.25) is 4.79 Å². The Balaban J connectivity index is 0.00000146. The van der Waals surface area contributed by atoms with Gasteiger partial charge in [-0.1, -0.05) is 6.07 Å². The second-order valence-corrected chi connectivity index (χ2v) is 7.59. The van der Waals surface area contributed by atoms with E-state index in [0.717, 1.165) is 24.9 Å². The number of Topliss-reactive ketones (excluding diaryl/α,β-unsaturated/α-hetero) is 1. The highest BCUT2D eigenvalue weighted by atomic mass is 35.5. The van der Waals surface area contributed by atoms with E-state index in [2.05, 4.69) is 13.1 Å². The number of carbonyl (C=O) groups is 1. The number of ether oxygens (including phenoxy) is 2. The number of ketones is 1. The van der Waals surface area contributed by atoms with Crippen molar-refractivity contribution >= 4 is 5.78 Å². The normalized spacial score (nSPS) is 41.1. The number of quaternary nitrogens is 1. The van der Waals surface area contributed by atoms with Crippen LogP contribution in [0.4, 0.5) is 0 Å². The van der Waals surface area contributed by atoms with E-state index in [1.54, 1.807) is 7.11 Å². The number of hydrogen-bond donors (Lipinski definition) is 2. The van der Waals surface area contributed by atoms with E-state index in [-0.39, 0.29) is 24.2 Å². The number of aliphatic hydroxyl groups is 1. The molecule has 2 fully saturated rings. The van der Waals surface area contributed by atoms with Gasteiger partial charge in [0.1, 0.15) is 11.6 Å². The number of nitrogens with one attached hydrogen (secondary N) is 1. The summed E-state index contributed by atoms with van der Waals surface area (Å²) in [6, 6.07) is 4.15. The van der Waals surface area contributed by atoms with Gasteiger partial charge < -0.3 is 31.9 Å². The number of piperidine rings is 1. The second kappa shape index (κ2) is 4.87. The second-order valence-electron chi connectivity index (χ2n) is 7.59. The van der Waals surface area contributed by atoms with Gasteiger partial charge in [-0.25, -0.2) is 0 Å². The summed E-state index contributed by atoms with van der Waals surface area (Å²) in [6.07, 6.45) is 2.01. The first kappa shape index (κ1) is 16.2. The Hall–Kier alpha value is -1.30. The number of methoxy groups -OCH3 is 1. The van der Waals surface area contributed by atoms with E-state index in [4.69, 9.17) is 9.47 Å². The van der Waals surface area contributed by atoms with Crippen LogP contribution in [0.5, 0.6) is 11.5 Å². The average molecular weight is 352 g/mol. The number of rotatable bonds is 1. The van der Waals surface area contributed by atoms with Crippen LogP contribution in [-0.2, 0) is 16.6 Å². The SMILES string of the molecule is COc1ccc2c3c1O[C@H]1C(=O)CC[C@@]4(O)C(C2)[NH+](C)CC[C@]314.[Cl-]. The molecule has 1 aromatic carbocycles. The minimum atomic E-state index is -0.863. The molecule has 0 amide bonds. The Morgan fingerprint density at radius 3 is 2.92 bits per heavy atom. The molecule has 5 rings (SSSR count). The monoisotopic (exact) mass is 351 g/mol. The summed E-state index contributed by atoms with van der Waals surface area (Å²) in [5.74, 6) is 1.49. The van der Waals surface area contributed by atoms with Crippen LogP contribution in [0.3, 0.4) is 0 Å². The van der Waals surface area contributed by atoms with Gasteiger partial charge in [0, 0.05) is 24.8 Å². The van der Waals surface area contributed by atoms with E-state index in [9.17, 15) is 9.90 Å². The highest BCUT2D eigenvalue weighted by molar-refractivity contribution is 5.90. The molecule has 2 N–H and O–H groups in total. The molecule has 5 atom stereocenters. The summed E-state index contributed by atoms with van der Waals surface area (Å²) in [6.45, 7) is 0.955. The summed E-state index contributed by atoms with van der Waals surface area (Å²) in [4.78, 5) is 14.0. The molecule has 1 saturated carbocycles. The summed E-state index contributed by atoms with van der Waals surface area (Å²) in [5, 5.41) is 11.8. The zero-order valence-electron chi connectivity index (χ0n) is 13.9.